The van der Waals surface area contributed by atoms with Crippen molar-refractivity contribution in [2.75, 3.05) is 0 Å². The van der Waals surface area contributed by atoms with Gasteiger partial charge in [-0.15, -0.1) is 0 Å². The minimum Gasteiger partial charge on any atom is -0.271 e. The van der Waals surface area contributed by atoms with Gasteiger partial charge in [-0.05, 0) is 59.3 Å². The van der Waals surface area contributed by atoms with Gasteiger partial charge < -0.3 is 0 Å². The predicted octanol–water partition coefficient (Wildman–Crippen LogP) is 3.96. The highest BCUT2D eigenvalue weighted by Gasteiger charge is 2.13. The average Bonchev–Trinajstić information content (AvgIpc) is 2.88. The molecule has 96 valence electrons. The predicted molar refractivity (Wildman–Crippen MR) is 81.6 cm³/mol. The molecule has 1 aromatic carbocycles. The Labute approximate surface area is 120 Å². The molecule has 1 atom stereocenters. The highest BCUT2D eigenvalue weighted by atomic mass is 79.9. The van der Waals surface area contributed by atoms with Crippen molar-refractivity contribution in [3.63, 3.8) is 0 Å². The summed E-state index contributed by atoms with van der Waals surface area (Å²) >= 11 is 5.31. The molecule has 0 spiro atoms. The van der Waals surface area contributed by atoms with Crippen LogP contribution in [-0.4, -0.2) is 0 Å². The fraction of sp³-hybridized carbons (Fsp3) is 0.286. The van der Waals surface area contributed by atoms with E-state index >= 15 is 0 Å². The largest absolute Gasteiger partial charge is 0.271 e. The number of nitrogens with one attached hydrogen (secondary N) is 1. The molecule has 1 aromatic heterocycles. The molecule has 1 heterocycles. The third kappa shape index (κ3) is 3.20. The van der Waals surface area contributed by atoms with Crippen LogP contribution in [0.25, 0.3) is 0 Å². The molecule has 0 amide bonds. The smallest absolute Gasteiger partial charge is 0.0466 e. The van der Waals surface area contributed by atoms with Crippen molar-refractivity contribution in [1.29, 1.82) is 0 Å². The number of halogens is 1. The van der Waals surface area contributed by atoms with E-state index in [9.17, 15) is 0 Å². The highest BCUT2D eigenvalue weighted by molar-refractivity contribution is 9.10. The third-order valence-electron chi connectivity index (χ3n) is 3.19. The van der Waals surface area contributed by atoms with E-state index in [0.29, 0.717) is 0 Å². The van der Waals surface area contributed by atoms with Gasteiger partial charge in [0, 0.05) is 10.5 Å². The van der Waals surface area contributed by atoms with Crippen molar-refractivity contribution in [2.45, 2.75) is 25.8 Å². The van der Waals surface area contributed by atoms with E-state index in [0.717, 1.165) is 17.3 Å². The number of hydrazine groups is 1. The molecule has 0 radical (unpaired) electrons. The molecule has 0 aliphatic rings. The first-order chi connectivity index (χ1) is 8.72. The summed E-state index contributed by atoms with van der Waals surface area (Å²) < 4.78 is 1.13. The lowest BCUT2D eigenvalue weighted by molar-refractivity contribution is 0.514. The minimum atomic E-state index is 0.197. The fourth-order valence-corrected chi connectivity index (χ4v) is 3.16. The molecule has 0 aliphatic heterocycles. The Morgan fingerprint density at radius 1 is 1.39 bits per heavy atom. The van der Waals surface area contributed by atoms with Crippen LogP contribution in [-0.2, 0) is 6.42 Å². The molecule has 0 saturated carbocycles. The van der Waals surface area contributed by atoms with E-state index in [1.165, 1.54) is 16.7 Å². The van der Waals surface area contributed by atoms with Gasteiger partial charge in [0.05, 0.1) is 0 Å². The zero-order valence-corrected chi connectivity index (χ0v) is 12.7. The quantitative estimate of drug-likeness (QED) is 0.645. The van der Waals surface area contributed by atoms with Gasteiger partial charge in [-0.3, -0.25) is 11.3 Å². The summed E-state index contributed by atoms with van der Waals surface area (Å²) in [5.41, 5.74) is 6.83. The maximum absolute atomic E-state index is 5.70. The van der Waals surface area contributed by atoms with Crippen LogP contribution in [0.4, 0.5) is 0 Å². The van der Waals surface area contributed by atoms with Gasteiger partial charge in [0.2, 0.25) is 0 Å². The number of nitrogens with two attached hydrogens (primary N) is 1. The van der Waals surface area contributed by atoms with Crippen LogP contribution in [0.3, 0.4) is 0 Å². The van der Waals surface area contributed by atoms with Gasteiger partial charge in [0.25, 0.3) is 0 Å². The fourth-order valence-electron chi connectivity index (χ4n) is 2.08. The van der Waals surface area contributed by atoms with Crippen molar-refractivity contribution >= 4 is 27.3 Å². The maximum Gasteiger partial charge on any atom is 0.0466 e. The van der Waals surface area contributed by atoms with E-state index in [2.05, 4.69) is 63.3 Å². The molecule has 2 nitrogen and oxygen atoms in total. The average molecular weight is 325 g/mol. The molecular formula is C14H17BrN2S. The molecule has 1 unspecified atom stereocenters. The topological polar surface area (TPSA) is 38.0 Å². The first-order valence-corrected chi connectivity index (χ1v) is 7.68. The summed E-state index contributed by atoms with van der Waals surface area (Å²) in [6.07, 6.45) is 2.05. The minimum absolute atomic E-state index is 0.197. The summed E-state index contributed by atoms with van der Waals surface area (Å²) in [6.45, 7) is 2.12. The molecule has 2 aromatic rings. The second-order valence-corrected chi connectivity index (χ2v) is 5.98. The molecule has 3 N–H and O–H groups in total. The molecule has 4 heteroatoms. The van der Waals surface area contributed by atoms with Crippen molar-refractivity contribution in [3.05, 3.63) is 56.2 Å². The molecule has 0 saturated heterocycles. The third-order valence-corrected chi connectivity index (χ3v) is 4.78. The second-order valence-electron chi connectivity index (χ2n) is 4.34. The maximum atomic E-state index is 5.70. The van der Waals surface area contributed by atoms with Gasteiger partial charge in [-0.1, -0.05) is 28.1 Å². The normalized spacial score (nSPS) is 12.6. The Hall–Kier alpha value is -0.680. The number of hydrogen-bond acceptors (Lipinski definition) is 3. The van der Waals surface area contributed by atoms with Crippen LogP contribution >= 0.6 is 27.3 Å². The Balaban J connectivity index is 2.10. The van der Waals surface area contributed by atoms with Crippen molar-refractivity contribution in [3.8, 4) is 0 Å². The Morgan fingerprint density at radius 3 is 2.89 bits per heavy atom. The SMILES string of the molecule is Cc1c(Br)cccc1C(CCc1ccsc1)NN. The molecule has 18 heavy (non-hydrogen) atoms. The van der Waals surface area contributed by atoms with Crippen molar-refractivity contribution in [1.82, 2.24) is 5.43 Å². The van der Waals surface area contributed by atoms with Crippen LogP contribution in [0.15, 0.2) is 39.5 Å². The van der Waals surface area contributed by atoms with E-state index in [1.807, 2.05) is 0 Å². The summed E-state index contributed by atoms with van der Waals surface area (Å²) in [7, 11) is 0. The number of thiophene rings is 1. The number of hydrogen-bond donors (Lipinski definition) is 2. The van der Waals surface area contributed by atoms with E-state index < -0.39 is 0 Å². The van der Waals surface area contributed by atoms with Crippen LogP contribution in [0, 0.1) is 6.92 Å². The van der Waals surface area contributed by atoms with E-state index in [1.54, 1.807) is 11.3 Å². The second kappa shape index (κ2) is 6.48. The lowest BCUT2D eigenvalue weighted by atomic mass is 9.97. The summed E-state index contributed by atoms with van der Waals surface area (Å²) in [6, 6.07) is 8.62. The molecule has 0 aliphatic carbocycles. The van der Waals surface area contributed by atoms with Crippen LogP contribution < -0.4 is 11.3 Å². The molecule has 2 rings (SSSR count). The van der Waals surface area contributed by atoms with Gasteiger partial charge >= 0.3 is 0 Å². The first-order valence-electron chi connectivity index (χ1n) is 5.94. The van der Waals surface area contributed by atoms with Gasteiger partial charge in [-0.25, -0.2) is 0 Å². The van der Waals surface area contributed by atoms with Crippen LogP contribution in [0.1, 0.15) is 29.2 Å². The summed E-state index contributed by atoms with van der Waals surface area (Å²) in [5, 5.41) is 4.31. The number of aryl methyl sites for hydroxylation is 1. The standard InChI is InChI=1S/C14H17BrN2S/c1-10-12(3-2-4-13(10)15)14(17-16)6-5-11-7-8-18-9-11/h2-4,7-9,14,17H,5-6,16H2,1H3. The van der Waals surface area contributed by atoms with Crippen molar-refractivity contribution in [2.24, 2.45) is 5.84 Å². The molecule has 0 bridgehead atoms. The zero-order valence-electron chi connectivity index (χ0n) is 10.3. The molecule has 0 fully saturated rings. The zero-order chi connectivity index (χ0) is 13.0. The van der Waals surface area contributed by atoms with Crippen LogP contribution in [0.5, 0.6) is 0 Å². The Bertz CT molecular complexity index is 497. The number of benzene rings is 1. The van der Waals surface area contributed by atoms with Gasteiger partial charge in [0.15, 0.2) is 0 Å². The summed E-state index contributed by atoms with van der Waals surface area (Å²) in [4.78, 5) is 0. The van der Waals surface area contributed by atoms with Gasteiger partial charge in [-0.2, -0.15) is 11.3 Å². The Morgan fingerprint density at radius 2 is 2.22 bits per heavy atom. The highest BCUT2D eigenvalue weighted by Crippen LogP contribution is 2.27. The van der Waals surface area contributed by atoms with Crippen molar-refractivity contribution < 1.29 is 0 Å². The Kier molecular flexibility index (Phi) is 4.95. The monoisotopic (exact) mass is 324 g/mol. The van der Waals surface area contributed by atoms with Gasteiger partial charge in [0.1, 0.15) is 0 Å². The first kappa shape index (κ1) is 13.7. The lowest BCUT2D eigenvalue weighted by Crippen LogP contribution is -2.29. The number of rotatable bonds is 5. The lowest BCUT2D eigenvalue weighted by Gasteiger charge is -2.19. The van der Waals surface area contributed by atoms with E-state index in [4.69, 9.17) is 5.84 Å². The summed E-state index contributed by atoms with van der Waals surface area (Å²) in [5.74, 6) is 5.70. The van der Waals surface area contributed by atoms with Crippen LogP contribution in [0.2, 0.25) is 0 Å². The van der Waals surface area contributed by atoms with E-state index in [-0.39, 0.29) is 6.04 Å². The molecular weight excluding hydrogens is 308 g/mol.